The van der Waals surface area contributed by atoms with E-state index in [1.807, 2.05) is 0 Å². The normalized spacial score (nSPS) is 20.6. The summed E-state index contributed by atoms with van der Waals surface area (Å²) in [6, 6.07) is 0.828. The van der Waals surface area contributed by atoms with Crippen LogP contribution in [0.15, 0.2) is 0 Å². The third kappa shape index (κ3) is 4.84. The minimum Gasteiger partial charge on any atom is -0.330 e. The minimum absolute atomic E-state index is 0.403. The molecule has 1 aliphatic rings. The van der Waals surface area contributed by atoms with Crippen LogP contribution in [0, 0.1) is 11.3 Å². The molecule has 1 unspecified atom stereocenters. The zero-order valence-electron chi connectivity index (χ0n) is 11.6. The summed E-state index contributed by atoms with van der Waals surface area (Å²) in [5, 5.41) is 0. The molecule has 0 bridgehead atoms. The molecule has 0 aromatic heterocycles. The summed E-state index contributed by atoms with van der Waals surface area (Å²) in [6.07, 6.45) is 6.86. The van der Waals surface area contributed by atoms with Gasteiger partial charge in [0.25, 0.3) is 0 Å². The predicted molar refractivity (Wildman–Crippen MR) is 71.5 cm³/mol. The van der Waals surface area contributed by atoms with Gasteiger partial charge in [-0.05, 0) is 44.2 Å². The Labute approximate surface area is 102 Å². The van der Waals surface area contributed by atoms with Crippen molar-refractivity contribution >= 4 is 0 Å². The highest BCUT2D eigenvalue weighted by molar-refractivity contribution is 4.79. The topological polar surface area (TPSA) is 29.3 Å². The van der Waals surface area contributed by atoms with E-state index in [4.69, 9.17) is 5.73 Å². The highest BCUT2D eigenvalue weighted by Crippen LogP contribution is 2.27. The molecule has 1 aliphatic carbocycles. The van der Waals surface area contributed by atoms with Crippen molar-refractivity contribution < 1.29 is 0 Å². The number of hydrogen-bond donors (Lipinski definition) is 1. The van der Waals surface area contributed by atoms with Crippen LogP contribution in [0.3, 0.4) is 0 Å². The number of nitrogens with two attached hydrogens (primary N) is 1. The van der Waals surface area contributed by atoms with Crippen LogP contribution in [0.5, 0.6) is 0 Å². The van der Waals surface area contributed by atoms with E-state index in [0.29, 0.717) is 11.3 Å². The van der Waals surface area contributed by atoms with E-state index in [0.717, 1.165) is 12.6 Å². The van der Waals surface area contributed by atoms with Crippen molar-refractivity contribution in [3.8, 4) is 0 Å². The monoisotopic (exact) mass is 226 g/mol. The fourth-order valence-electron chi connectivity index (χ4n) is 2.99. The maximum absolute atomic E-state index is 5.90. The average Bonchev–Trinajstić information content (AvgIpc) is 2.67. The van der Waals surface area contributed by atoms with Crippen molar-refractivity contribution in [2.75, 3.05) is 20.1 Å². The summed E-state index contributed by atoms with van der Waals surface area (Å²) >= 11 is 0. The molecule has 0 radical (unpaired) electrons. The first-order valence-electron chi connectivity index (χ1n) is 6.82. The van der Waals surface area contributed by atoms with Crippen LogP contribution in [0.4, 0.5) is 0 Å². The quantitative estimate of drug-likeness (QED) is 0.781. The molecule has 1 saturated carbocycles. The molecule has 2 N–H and O–H groups in total. The molecule has 96 valence electrons. The standard InChI is InChI=1S/C14H30N2/c1-14(2,3)9-12(10-15)11-16(4)13-7-5-6-8-13/h12-13H,5-11,15H2,1-4H3. The molecule has 16 heavy (non-hydrogen) atoms. The average molecular weight is 226 g/mol. The zero-order chi connectivity index (χ0) is 12.2. The van der Waals surface area contributed by atoms with E-state index in [9.17, 15) is 0 Å². The van der Waals surface area contributed by atoms with E-state index in [1.54, 1.807) is 0 Å². The summed E-state index contributed by atoms with van der Waals surface area (Å²) in [7, 11) is 2.28. The van der Waals surface area contributed by atoms with Gasteiger partial charge in [0.1, 0.15) is 0 Å². The van der Waals surface area contributed by atoms with Crippen molar-refractivity contribution in [1.82, 2.24) is 4.90 Å². The van der Waals surface area contributed by atoms with Gasteiger partial charge in [-0.3, -0.25) is 0 Å². The molecule has 0 aromatic rings. The lowest BCUT2D eigenvalue weighted by Gasteiger charge is -2.31. The maximum Gasteiger partial charge on any atom is 0.00923 e. The Balaban J connectivity index is 2.36. The first-order valence-corrected chi connectivity index (χ1v) is 6.82. The number of hydrogen-bond acceptors (Lipinski definition) is 2. The second-order valence-electron chi connectivity index (χ2n) is 6.74. The molecular formula is C14H30N2. The van der Waals surface area contributed by atoms with Gasteiger partial charge in [0.15, 0.2) is 0 Å². The zero-order valence-corrected chi connectivity index (χ0v) is 11.6. The van der Waals surface area contributed by atoms with E-state index in [2.05, 4.69) is 32.7 Å². The Hall–Kier alpha value is -0.0800. The molecule has 0 saturated heterocycles. The van der Waals surface area contributed by atoms with Gasteiger partial charge < -0.3 is 10.6 Å². The van der Waals surface area contributed by atoms with Crippen molar-refractivity contribution in [3.05, 3.63) is 0 Å². The second-order valence-corrected chi connectivity index (χ2v) is 6.74. The first kappa shape index (κ1) is 14.0. The van der Waals surface area contributed by atoms with E-state index in [-0.39, 0.29) is 0 Å². The van der Waals surface area contributed by atoms with E-state index >= 15 is 0 Å². The Kier molecular flexibility index (Phi) is 5.26. The van der Waals surface area contributed by atoms with Gasteiger partial charge in [-0.15, -0.1) is 0 Å². The van der Waals surface area contributed by atoms with Gasteiger partial charge in [-0.1, -0.05) is 33.6 Å². The molecule has 1 rings (SSSR count). The minimum atomic E-state index is 0.403. The van der Waals surface area contributed by atoms with Crippen LogP contribution in [-0.2, 0) is 0 Å². The molecule has 1 fully saturated rings. The number of nitrogens with zero attached hydrogens (tertiary/aromatic N) is 1. The van der Waals surface area contributed by atoms with Crippen LogP contribution in [0.2, 0.25) is 0 Å². The summed E-state index contributed by atoms with van der Waals surface area (Å²) in [5.74, 6) is 0.658. The Morgan fingerprint density at radius 3 is 2.25 bits per heavy atom. The van der Waals surface area contributed by atoms with Gasteiger partial charge in [0.2, 0.25) is 0 Å². The lowest BCUT2D eigenvalue weighted by molar-refractivity contribution is 0.179. The SMILES string of the molecule is CN(CC(CN)CC(C)(C)C)C1CCCC1. The van der Waals surface area contributed by atoms with Crippen LogP contribution in [0.25, 0.3) is 0 Å². The fraction of sp³-hybridized carbons (Fsp3) is 1.00. The van der Waals surface area contributed by atoms with Crippen molar-refractivity contribution in [2.24, 2.45) is 17.1 Å². The molecule has 0 heterocycles. The molecular weight excluding hydrogens is 196 g/mol. The van der Waals surface area contributed by atoms with Crippen LogP contribution >= 0.6 is 0 Å². The molecule has 0 aromatic carbocycles. The van der Waals surface area contributed by atoms with Crippen molar-refractivity contribution in [1.29, 1.82) is 0 Å². The van der Waals surface area contributed by atoms with Crippen LogP contribution < -0.4 is 5.73 Å². The van der Waals surface area contributed by atoms with Gasteiger partial charge in [0.05, 0.1) is 0 Å². The molecule has 0 spiro atoms. The molecule has 2 nitrogen and oxygen atoms in total. The smallest absolute Gasteiger partial charge is 0.00923 e. The molecule has 0 amide bonds. The Bertz CT molecular complexity index is 189. The summed E-state index contributed by atoms with van der Waals surface area (Å²) in [6.45, 7) is 8.94. The van der Waals surface area contributed by atoms with Gasteiger partial charge in [-0.2, -0.15) is 0 Å². The van der Waals surface area contributed by atoms with Gasteiger partial charge >= 0.3 is 0 Å². The largest absolute Gasteiger partial charge is 0.330 e. The third-order valence-corrected chi connectivity index (χ3v) is 3.73. The van der Waals surface area contributed by atoms with E-state index < -0.39 is 0 Å². The highest BCUT2D eigenvalue weighted by Gasteiger charge is 2.24. The second kappa shape index (κ2) is 6.02. The molecule has 0 aliphatic heterocycles. The summed E-state index contributed by atoms with van der Waals surface area (Å²) < 4.78 is 0. The summed E-state index contributed by atoms with van der Waals surface area (Å²) in [4.78, 5) is 2.55. The Morgan fingerprint density at radius 2 is 1.81 bits per heavy atom. The van der Waals surface area contributed by atoms with Crippen molar-refractivity contribution in [2.45, 2.75) is 58.9 Å². The molecule has 1 atom stereocenters. The van der Waals surface area contributed by atoms with E-state index in [1.165, 1.54) is 38.6 Å². The lowest BCUT2D eigenvalue weighted by atomic mass is 9.84. The predicted octanol–water partition coefficient (Wildman–Crippen LogP) is 2.87. The van der Waals surface area contributed by atoms with Crippen molar-refractivity contribution in [3.63, 3.8) is 0 Å². The van der Waals surface area contributed by atoms with Crippen LogP contribution in [0.1, 0.15) is 52.9 Å². The lowest BCUT2D eigenvalue weighted by Crippen LogP contribution is -2.37. The number of rotatable bonds is 5. The first-order chi connectivity index (χ1) is 7.42. The maximum atomic E-state index is 5.90. The Morgan fingerprint density at radius 1 is 1.25 bits per heavy atom. The summed E-state index contributed by atoms with van der Waals surface area (Å²) in [5.41, 5.74) is 6.30. The third-order valence-electron chi connectivity index (χ3n) is 3.73. The van der Waals surface area contributed by atoms with Crippen LogP contribution in [-0.4, -0.2) is 31.1 Å². The van der Waals surface area contributed by atoms with Gasteiger partial charge in [0, 0.05) is 12.6 Å². The fourth-order valence-corrected chi connectivity index (χ4v) is 2.99. The highest BCUT2D eigenvalue weighted by atomic mass is 15.1. The van der Waals surface area contributed by atoms with Gasteiger partial charge in [-0.25, -0.2) is 0 Å². The molecule has 2 heteroatoms.